The summed E-state index contributed by atoms with van der Waals surface area (Å²) in [5.41, 5.74) is 1.39. The average Bonchev–Trinajstić information content (AvgIpc) is 3.04. The van der Waals surface area contributed by atoms with Crippen LogP contribution >= 0.6 is 11.3 Å². The number of aromatic nitrogens is 1. The largest absolute Gasteiger partial charge is 0.319 e. The van der Waals surface area contributed by atoms with Crippen LogP contribution in [-0.4, -0.2) is 36.3 Å². The van der Waals surface area contributed by atoms with Crippen molar-refractivity contribution in [3.05, 3.63) is 58.9 Å². The summed E-state index contributed by atoms with van der Waals surface area (Å²) in [6.07, 6.45) is 2.85. The molecule has 2 heterocycles. The Kier molecular flexibility index (Phi) is 5.18. The molecule has 3 aromatic rings. The molecule has 146 valence electrons. The van der Waals surface area contributed by atoms with Crippen molar-refractivity contribution in [3.8, 4) is 0 Å². The number of carbonyl (C=O) groups excluding carboxylic acids is 1. The summed E-state index contributed by atoms with van der Waals surface area (Å²) in [5, 5.41) is 0. The number of para-hydroxylation sites is 1. The molecule has 0 unspecified atom stereocenters. The molecule has 1 amide bonds. The summed E-state index contributed by atoms with van der Waals surface area (Å²) >= 11 is 1.45. The third-order valence-corrected chi connectivity index (χ3v) is 7.99. The van der Waals surface area contributed by atoms with E-state index in [1.807, 2.05) is 35.9 Å². The minimum absolute atomic E-state index is 0.221. The molecular formula is C20H21N3O3S2. The summed E-state index contributed by atoms with van der Waals surface area (Å²) < 4.78 is 29.9. The van der Waals surface area contributed by atoms with Crippen LogP contribution in [0.5, 0.6) is 0 Å². The van der Waals surface area contributed by atoms with Crippen LogP contribution in [0.3, 0.4) is 0 Å². The molecule has 0 saturated carbocycles. The minimum Gasteiger partial charge on any atom is -0.319 e. The lowest BCUT2D eigenvalue weighted by atomic mass is 10.2. The summed E-state index contributed by atoms with van der Waals surface area (Å²) in [4.78, 5) is 17.6. The van der Waals surface area contributed by atoms with Crippen molar-refractivity contribution >= 4 is 37.5 Å². The molecule has 1 aliphatic rings. The van der Waals surface area contributed by atoms with E-state index >= 15 is 0 Å². The second-order valence-electron chi connectivity index (χ2n) is 6.82. The van der Waals surface area contributed by atoms with Crippen LogP contribution in [0.4, 0.5) is 0 Å². The maximum Gasteiger partial charge on any atom is 0.279 e. The lowest BCUT2D eigenvalue weighted by Gasteiger charge is -2.25. The molecular weight excluding hydrogens is 394 g/mol. The second-order valence-corrected chi connectivity index (χ2v) is 9.76. The van der Waals surface area contributed by atoms with Crippen molar-refractivity contribution in [2.45, 2.75) is 24.2 Å². The van der Waals surface area contributed by atoms with Crippen molar-refractivity contribution < 1.29 is 13.2 Å². The van der Waals surface area contributed by atoms with E-state index in [0.29, 0.717) is 23.5 Å². The Bertz CT molecular complexity index is 1190. The number of carbonyl (C=O) groups is 1. The van der Waals surface area contributed by atoms with E-state index in [2.05, 4.69) is 4.99 Å². The van der Waals surface area contributed by atoms with E-state index < -0.39 is 10.0 Å². The number of hydrogen-bond donors (Lipinski definition) is 0. The van der Waals surface area contributed by atoms with Crippen molar-refractivity contribution in [1.29, 1.82) is 0 Å². The van der Waals surface area contributed by atoms with E-state index in [1.165, 1.54) is 39.9 Å². The zero-order valence-corrected chi connectivity index (χ0v) is 17.2. The summed E-state index contributed by atoms with van der Waals surface area (Å²) in [6, 6.07) is 13.9. The van der Waals surface area contributed by atoms with Gasteiger partial charge >= 0.3 is 0 Å². The van der Waals surface area contributed by atoms with Gasteiger partial charge in [-0.1, -0.05) is 29.9 Å². The molecule has 28 heavy (non-hydrogen) atoms. The Morgan fingerprint density at radius 3 is 2.36 bits per heavy atom. The molecule has 6 nitrogen and oxygen atoms in total. The van der Waals surface area contributed by atoms with Gasteiger partial charge in [0, 0.05) is 25.7 Å². The van der Waals surface area contributed by atoms with Crippen LogP contribution < -0.4 is 4.80 Å². The maximum atomic E-state index is 12.7. The van der Waals surface area contributed by atoms with Gasteiger partial charge in [0.15, 0.2) is 4.80 Å². The van der Waals surface area contributed by atoms with Crippen LogP contribution in [0, 0.1) is 0 Å². The van der Waals surface area contributed by atoms with Crippen LogP contribution in [0.15, 0.2) is 58.4 Å². The fourth-order valence-electron chi connectivity index (χ4n) is 3.36. The topological polar surface area (TPSA) is 71.7 Å². The molecule has 0 aliphatic carbocycles. The van der Waals surface area contributed by atoms with E-state index in [9.17, 15) is 13.2 Å². The SMILES string of the molecule is Cn1c(=NC(=O)c2ccc(S(=O)(=O)N3CCCCC3)cc2)sc2ccccc21. The molecule has 0 radical (unpaired) electrons. The average molecular weight is 416 g/mol. The maximum absolute atomic E-state index is 12.7. The number of rotatable bonds is 3. The van der Waals surface area contributed by atoms with Gasteiger partial charge < -0.3 is 4.57 Å². The number of piperidine rings is 1. The Balaban J connectivity index is 1.61. The third kappa shape index (κ3) is 3.55. The number of amides is 1. The third-order valence-electron chi connectivity index (χ3n) is 4.97. The highest BCUT2D eigenvalue weighted by atomic mass is 32.2. The molecule has 1 aromatic heterocycles. The van der Waals surface area contributed by atoms with Gasteiger partial charge in [-0.15, -0.1) is 0 Å². The Morgan fingerprint density at radius 2 is 1.68 bits per heavy atom. The molecule has 1 fully saturated rings. The molecule has 2 aromatic carbocycles. The summed E-state index contributed by atoms with van der Waals surface area (Å²) in [6.45, 7) is 1.11. The predicted octanol–water partition coefficient (Wildman–Crippen LogP) is 3.16. The molecule has 1 aliphatic heterocycles. The van der Waals surface area contributed by atoms with E-state index in [1.54, 1.807) is 0 Å². The second kappa shape index (κ2) is 7.62. The number of fused-ring (bicyclic) bond motifs is 1. The smallest absolute Gasteiger partial charge is 0.279 e. The normalized spacial score (nSPS) is 16.5. The highest BCUT2D eigenvalue weighted by molar-refractivity contribution is 7.89. The fourth-order valence-corrected chi connectivity index (χ4v) is 5.90. The standard InChI is InChI=1S/C20H21N3O3S2/c1-22-17-7-3-4-8-18(17)27-20(22)21-19(24)15-9-11-16(12-10-15)28(25,26)23-13-5-2-6-14-23/h3-4,7-12H,2,5-6,13-14H2,1H3. The summed E-state index contributed by atoms with van der Waals surface area (Å²) in [5.74, 6) is -0.385. The van der Waals surface area contributed by atoms with Crippen LogP contribution in [-0.2, 0) is 17.1 Å². The Morgan fingerprint density at radius 1 is 1.00 bits per heavy atom. The van der Waals surface area contributed by atoms with Gasteiger partial charge in [-0.2, -0.15) is 9.30 Å². The molecule has 8 heteroatoms. The Labute approximate surface area is 167 Å². The van der Waals surface area contributed by atoms with E-state index in [0.717, 1.165) is 29.5 Å². The first-order valence-electron chi connectivity index (χ1n) is 9.21. The first kappa shape index (κ1) is 19.0. The van der Waals surface area contributed by atoms with Gasteiger partial charge in [0.25, 0.3) is 5.91 Å². The van der Waals surface area contributed by atoms with Gasteiger partial charge in [-0.3, -0.25) is 4.79 Å². The minimum atomic E-state index is -3.50. The van der Waals surface area contributed by atoms with E-state index in [4.69, 9.17) is 0 Å². The predicted molar refractivity (Wildman–Crippen MR) is 110 cm³/mol. The number of benzene rings is 2. The number of nitrogens with zero attached hydrogens (tertiary/aromatic N) is 3. The van der Waals surface area contributed by atoms with Crippen molar-refractivity contribution in [2.24, 2.45) is 12.0 Å². The van der Waals surface area contributed by atoms with Crippen LogP contribution in [0.25, 0.3) is 10.2 Å². The molecule has 0 N–H and O–H groups in total. The van der Waals surface area contributed by atoms with Crippen LogP contribution in [0.1, 0.15) is 29.6 Å². The zero-order chi connectivity index (χ0) is 19.7. The lowest BCUT2D eigenvalue weighted by molar-refractivity contribution is 0.0998. The fraction of sp³-hybridized carbons (Fsp3) is 0.300. The lowest BCUT2D eigenvalue weighted by Crippen LogP contribution is -2.35. The summed E-state index contributed by atoms with van der Waals surface area (Å²) in [7, 11) is -1.62. The number of aryl methyl sites for hydroxylation is 1. The van der Waals surface area contributed by atoms with Gasteiger partial charge in [-0.05, 0) is 49.2 Å². The first-order valence-corrected chi connectivity index (χ1v) is 11.5. The highest BCUT2D eigenvalue weighted by Crippen LogP contribution is 2.21. The molecule has 1 saturated heterocycles. The van der Waals surface area contributed by atoms with Crippen molar-refractivity contribution in [1.82, 2.24) is 8.87 Å². The van der Waals surface area contributed by atoms with E-state index in [-0.39, 0.29) is 10.8 Å². The van der Waals surface area contributed by atoms with Gasteiger partial charge in [0.2, 0.25) is 10.0 Å². The monoisotopic (exact) mass is 415 g/mol. The number of hydrogen-bond acceptors (Lipinski definition) is 4. The Hall–Kier alpha value is -2.29. The molecule has 0 bridgehead atoms. The van der Waals surface area contributed by atoms with Crippen LogP contribution in [0.2, 0.25) is 0 Å². The highest BCUT2D eigenvalue weighted by Gasteiger charge is 2.25. The zero-order valence-electron chi connectivity index (χ0n) is 15.5. The molecule has 4 rings (SSSR count). The van der Waals surface area contributed by atoms with Crippen molar-refractivity contribution in [3.63, 3.8) is 0 Å². The quantitative estimate of drug-likeness (QED) is 0.660. The van der Waals surface area contributed by atoms with Gasteiger partial charge in [0.1, 0.15) is 0 Å². The van der Waals surface area contributed by atoms with Gasteiger partial charge in [-0.25, -0.2) is 8.42 Å². The van der Waals surface area contributed by atoms with Crippen molar-refractivity contribution in [2.75, 3.05) is 13.1 Å². The molecule has 0 atom stereocenters. The number of thiazole rings is 1. The number of sulfonamides is 1. The first-order chi connectivity index (χ1) is 13.5. The molecule has 0 spiro atoms. The van der Waals surface area contributed by atoms with Gasteiger partial charge in [0.05, 0.1) is 15.1 Å².